The van der Waals surface area contributed by atoms with Crippen molar-refractivity contribution in [3.63, 3.8) is 0 Å². The Morgan fingerprint density at radius 3 is 2.13 bits per heavy atom. The second-order valence-corrected chi connectivity index (χ2v) is 13.0. The fourth-order valence-corrected chi connectivity index (χ4v) is 6.79. The molecule has 231 valence electrons. The molecule has 2 aromatic heterocycles. The van der Waals surface area contributed by atoms with Crippen molar-refractivity contribution in [1.82, 2.24) is 9.97 Å². The zero-order chi connectivity index (χ0) is 31.3. The van der Waals surface area contributed by atoms with Crippen molar-refractivity contribution in [2.45, 2.75) is 52.4 Å². The molecule has 46 heavy (non-hydrogen) atoms. The number of hydrogen-bond donors (Lipinski definition) is 0. The molecule has 0 unspecified atom stereocenters. The summed E-state index contributed by atoms with van der Waals surface area (Å²) in [6, 6.07) is 40.1. The Hall–Kier alpha value is -4.37. The van der Waals surface area contributed by atoms with Crippen LogP contribution in [0.5, 0.6) is 11.5 Å². The number of aryl methyl sites for hydroxylation is 2. The van der Waals surface area contributed by atoms with Gasteiger partial charge in [-0.3, -0.25) is 0 Å². The van der Waals surface area contributed by atoms with Gasteiger partial charge < -0.3 is 14.7 Å². The molecular weight excluding hydrogens is 741 g/mol. The topological polar surface area (TPSA) is 35.0 Å². The number of para-hydroxylation sites is 1. The van der Waals surface area contributed by atoms with E-state index in [0.29, 0.717) is 0 Å². The van der Waals surface area contributed by atoms with E-state index < -0.39 is 0 Å². The van der Waals surface area contributed by atoms with Crippen molar-refractivity contribution in [1.29, 1.82) is 0 Å². The Balaban J connectivity index is 0.000000158. The number of nitrogens with zero attached hydrogens (tertiary/aromatic N) is 2. The summed E-state index contributed by atoms with van der Waals surface area (Å²) in [5.41, 5.74) is 14.2. The third kappa shape index (κ3) is 5.30. The zero-order valence-electron chi connectivity index (χ0n) is 27.0. The number of aromatic nitrogens is 2. The first-order valence-corrected chi connectivity index (χ1v) is 15.5. The zero-order valence-corrected chi connectivity index (χ0v) is 29.4. The van der Waals surface area contributed by atoms with E-state index >= 15 is 0 Å². The molecule has 0 saturated carbocycles. The van der Waals surface area contributed by atoms with Gasteiger partial charge in [-0.15, -0.1) is 53.1 Å². The molecule has 3 nitrogen and oxygen atoms in total. The number of fused-ring (bicyclic) bond motifs is 5. The fraction of sp³-hybridized carbons (Fsp3) is 0.190. The second kappa shape index (κ2) is 12.1. The molecule has 6 aromatic rings. The Morgan fingerprint density at radius 2 is 1.37 bits per heavy atom. The Kier molecular flexibility index (Phi) is 8.31. The summed E-state index contributed by atoms with van der Waals surface area (Å²) in [7, 11) is 0. The average molecular weight is 777 g/mol. The van der Waals surface area contributed by atoms with Gasteiger partial charge in [0.05, 0.1) is 0 Å². The molecule has 0 fully saturated rings. The molecule has 4 aromatic carbocycles. The van der Waals surface area contributed by atoms with E-state index in [1.807, 2.05) is 48.7 Å². The van der Waals surface area contributed by atoms with Crippen LogP contribution in [0.3, 0.4) is 0 Å². The summed E-state index contributed by atoms with van der Waals surface area (Å²) in [5.74, 6) is 1.81. The molecule has 0 spiro atoms. The summed E-state index contributed by atoms with van der Waals surface area (Å²) < 4.78 is 6.05. The van der Waals surface area contributed by atoms with Crippen LogP contribution in [0.15, 0.2) is 109 Å². The van der Waals surface area contributed by atoms with E-state index in [4.69, 9.17) is 4.74 Å². The SMILES string of the molecule is CC1(C)c2ccccc2Oc2c[c-]c(-c3ccccn3)cc21.Cc1cnc(-c2[c-]ccc3c2C(C)(C)c2ccccc2-3)cc1C.[Ir]. The van der Waals surface area contributed by atoms with Crippen LogP contribution in [0.2, 0.25) is 0 Å². The maximum absolute atomic E-state index is 6.05. The minimum Gasteiger partial charge on any atom is -0.501 e. The van der Waals surface area contributed by atoms with Gasteiger partial charge in [0.25, 0.3) is 0 Å². The van der Waals surface area contributed by atoms with E-state index in [0.717, 1.165) is 34.0 Å². The van der Waals surface area contributed by atoms with Gasteiger partial charge in [0.2, 0.25) is 0 Å². The third-order valence-electron chi connectivity index (χ3n) is 9.45. The van der Waals surface area contributed by atoms with E-state index in [1.54, 1.807) is 6.20 Å². The van der Waals surface area contributed by atoms with Gasteiger partial charge in [0, 0.05) is 49.2 Å². The first-order chi connectivity index (χ1) is 21.7. The molecule has 0 atom stereocenters. The number of benzene rings is 4. The number of rotatable bonds is 2. The van der Waals surface area contributed by atoms with Crippen LogP contribution in [0, 0.1) is 26.0 Å². The molecular formula is C42H36IrN2O-2. The molecule has 2 aliphatic rings. The number of hydrogen-bond acceptors (Lipinski definition) is 3. The molecule has 8 rings (SSSR count). The third-order valence-corrected chi connectivity index (χ3v) is 9.45. The fourth-order valence-electron chi connectivity index (χ4n) is 6.79. The quantitative estimate of drug-likeness (QED) is 0.164. The van der Waals surface area contributed by atoms with Crippen LogP contribution >= 0.6 is 0 Å². The standard InChI is InChI=1S/C22H20N.C20H16NO.Ir/c1-14-12-20(23-13-15(14)2)18-10-7-9-17-16-8-5-6-11-19(16)22(3,4)21(17)18;1-20(2)15-7-3-4-9-18(15)22-19-11-10-14(13-16(19)20)17-8-5-6-12-21-17;/h5-9,11-13H,1-4H3;3-9,11-13H,1-2H3;/q2*-1;. The van der Waals surface area contributed by atoms with E-state index in [2.05, 4.69) is 118 Å². The van der Waals surface area contributed by atoms with Crippen molar-refractivity contribution in [3.05, 3.63) is 155 Å². The van der Waals surface area contributed by atoms with Gasteiger partial charge in [-0.1, -0.05) is 105 Å². The molecule has 0 bridgehead atoms. The average Bonchev–Trinajstić information content (AvgIpc) is 3.30. The Morgan fingerprint density at radius 1 is 0.630 bits per heavy atom. The summed E-state index contributed by atoms with van der Waals surface area (Å²) >= 11 is 0. The number of pyridine rings is 2. The maximum Gasteiger partial charge on any atom is 0.118 e. The number of ether oxygens (including phenoxy) is 1. The molecule has 0 N–H and O–H groups in total. The molecule has 4 heteroatoms. The first kappa shape index (κ1) is 31.6. The summed E-state index contributed by atoms with van der Waals surface area (Å²) in [6.07, 6.45) is 3.77. The van der Waals surface area contributed by atoms with Gasteiger partial charge >= 0.3 is 0 Å². The predicted molar refractivity (Wildman–Crippen MR) is 183 cm³/mol. The van der Waals surface area contributed by atoms with E-state index in [1.165, 1.54) is 44.5 Å². The van der Waals surface area contributed by atoms with Gasteiger partial charge in [0.15, 0.2) is 0 Å². The van der Waals surface area contributed by atoms with Gasteiger partial charge in [0.1, 0.15) is 5.75 Å². The Labute approximate surface area is 286 Å². The molecule has 0 amide bonds. The molecule has 1 aliphatic carbocycles. The van der Waals surface area contributed by atoms with Gasteiger partial charge in [-0.05, 0) is 59.5 Å². The van der Waals surface area contributed by atoms with Crippen molar-refractivity contribution in [3.8, 4) is 45.1 Å². The molecule has 3 heterocycles. The molecule has 0 saturated heterocycles. The van der Waals surface area contributed by atoms with Crippen LogP contribution in [0.4, 0.5) is 0 Å². The Bertz CT molecular complexity index is 2060. The summed E-state index contributed by atoms with van der Waals surface area (Å²) in [5, 5.41) is 0. The second-order valence-electron chi connectivity index (χ2n) is 13.0. The smallest absolute Gasteiger partial charge is 0.118 e. The largest absolute Gasteiger partial charge is 0.501 e. The van der Waals surface area contributed by atoms with Crippen LogP contribution in [-0.2, 0) is 30.9 Å². The first-order valence-electron chi connectivity index (χ1n) is 15.5. The summed E-state index contributed by atoms with van der Waals surface area (Å²) in [4.78, 5) is 9.10. The normalized spacial score (nSPS) is 14.2. The monoisotopic (exact) mass is 777 g/mol. The van der Waals surface area contributed by atoms with Crippen LogP contribution in [0.25, 0.3) is 33.6 Å². The summed E-state index contributed by atoms with van der Waals surface area (Å²) in [6.45, 7) is 13.3. The van der Waals surface area contributed by atoms with Crippen molar-refractivity contribution in [2.75, 3.05) is 0 Å². The maximum atomic E-state index is 6.05. The van der Waals surface area contributed by atoms with Crippen molar-refractivity contribution >= 4 is 0 Å². The van der Waals surface area contributed by atoms with Crippen LogP contribution in [0.1, 0.15) is 61.1 Å². The predicted octanol–water partition coefficient (Wildman–Crippen LogP) is 10.4. The van der Waals surface area contributed by atoms with Crippen molar-refractivity contribution in [2.24, 2.45) is 0 Å². The van der Waals surface area contributed by atoms with Crippen LogP contribution in [-0.4, -0.2) is 9.97 Å². The van der Waals surface area contributed by atoms with E-state index in [-0.39, 0.29) is 30.9 Å². The van der Waals surface area contributed by atoms with E-state index in [9.17, 15) is 0 Å². The van der Waals surface area contributed by atoms with Crippen molar-refractivity contribution < 1.29 is 24.8 Å². The molecule has 1 aliphatic heterocycles. The minimum atomic E-state index is -0.108. The van der Waals surface area contributed by atoms with Gasteiger partial charge in [-0.25, -0.2) is 0 Å². The van der Waals surface area contributed by atoms with Gasteiger partial charge in [-0.2, -0.15) is 0 Å². The molecule has 1 radical (unpaired) electrons. The van der Waals surface area contributed by atoms with Crippen LogP contribution < -0.4 is 4.74 Å². The minimum absolute atomic E-state index is 0.